The molecule has 1 amide bonds. The zero-order chi connectivity index (χ0) is 15.2. The van der Waals surface area contributed by atoms with E-state index in [1.165, 1.54) is 6.21 Å². The molecular formula is C15H11BrCl2N2O. The molecule has 0 radical (unpaired) electrons. The Morgan fingerprint density at radius 1 is 1.19 bits per heavy atom. The molecule has 3 nitrogen and oxygen atoms in total. The highest BCUT2D eigenvalue weighted by atomic mass is 79.9. The molecule has 2 aromatic rings. The number of rotatable bonds is 4. The van der Waals surface area contributed by atoms with Crippen LogP contribution in [-0.2, 0) is 11.2 Å². The molecule has 0 aliphatic rings. The smallest absolute Gasteiger partial charge is 0.244 e. The lowest BCUT2D eigenvalue weighted by molar-refractivity contribution is -0.120. The number of hydrogen-bond acceptors (Lipinski definition) is 2. The summed E-state index contributed by atoms with van der Waals surface area (Å²) in [6.07, 6.45) is 1.72. The third kappa shape index (κ3) is 4.84. The number of nitrogens with zero attached hydrogens (tertiary/aromatic N) is 1. The van der Waals surface area contributed by atoms with Gasteiger partial charge in [0.25, 0.3) is 0 Å². The second-order valence-electron chi connectivity index (χ2n) is 4.24. The Kier molecular flexibility index (Phi) is 5.79. The van der Waals surface area contributed by atoms with Gasteiger partial charge in [-0.2, -0.15) is 5.10 Å². The molecule has 21 heavy (non-hydrogen) atoms. The normalized spacial score (nSPS) is 10.8. The van der Waals surface area contributed by atoms with Crippen molar-refractivity contribution >= 4 is 51.3 Å². The van der Waals surface area contributed by atoms with Crippen molar-refractivity contribution in [2.75, 3.05) is 0 Å². The quantitative estimate of drug-likeness (QED) is 0.613. The average Bonchev–Trinajstić information content (AvgIpc) is 2.46. The Labute approximate surface area is 141 Å². The zero-order valence-electron chi connectivity index (χ0n) is 10.8. The fraction of sp³-hybridized carbons (Fsp3) is 0.0667. The Morgan fingerprint density at radius 3 is 2.62 bits per heavy atom. The molecule has 0 unspecified atom stereocenters. The van der Waals surface area contributed by atoms with Crippen LogP contribution in [0.2, 0.25) is 10.0 Å². The van der Waals surface area contributed by atoms with E-state index in [0.717, 1.165) is 10.0 Å². The zero-order valence-corrected chi connectivity index (χ0v) is 13.9. The van der Waals surface area contributed by atoms with Crippen molar-refractivity contribution in [1.82, 2.24) is 5.43 Å². The molecule has 2 aromatic carbocycles. The summed E-state index contributed by atoms with van der Waals surface area (Å²) in [6, 6.07) is 12.7. The van der Waals surface area contributed by atoms with Crippen molar-refractivity contribution < 1.29 is 4.79 Å². The van der Waals surface area contributed by atoms with Gasteiger partial charge in [0.2, 0.25) is 5.91 Å². The van der Waals surface area contributed by atoms with Crippen LogP contribution in [0.5, 0.6) is 0 Å². The number of carbonyl (C=O) groups is 1. The number of amides is 1. The van der Waals surface area contributed by atoms with E-state index in [1.54, 1.807) is 18.2 Å². The van der Waals surface area contributed by atoms with Crippen LogP contribution in [0.3, 0.4) is 0 Å². The van der Waals surface area contributed by atoms with Gasteiger partial charge in [0.1, 0.15) is 0 Å². The molecule has 0 bridgehead atoms. The summed E-state index contributed by atoms with van der Waals surface area (Å²) in [4.78, 5) is 11.7. The molecule has 1 N–H and O–H groups in total. The maximum Gasteiger partial charge on any atom is 0.244 e. The molecule has 2 rings (SSSR count). The maximum absolute atomic E-state index is 11.7. The summed E-state index contributed by atoms with van der Waals surface area (Å²) < 4.78 is 0.972. The van der Waals surface area contributed by atoms with Crippen LogP contribution in [0.1, 0.15) is 11.1 Å². The van der Waals surface area contributed by atoms with Crippen LogP contribution in [0.25, 0.3) is 0 Å². The lowest BCUT2D eigenvalue weighted by Gasteiger charge is -2.02. The summed E-state index contributed by atoms with van der Waals surface area (Å²) in [7, 11) is 0. The summed E-state index contributed by atoms with van der Waals surface area (Å²) in [5.74, 6) is -0.202. The highest BCUT2D eigenvalue weighted by Gasteiger charge is 2.03. The van der Waals surface area contributed by atoms with Gasteiger partial charge >= 0.3 is 0 Å². The van der Waals surface area contributed by atoms with Gasteiger partial charge < -0.3 is 0 Å². The maximum atomic E-state index is 11.7. The number of carbonyl (C=O) groups excluding carboxylic acids is 1. The Morgan fingerprint density at radius 2 is 1.90 bits per heavy atom. The minimum atomic E-state index is -0.202. The molecule has 0 aromatic heterocycles. The third-order valence-corrected chi connectivity index (χ3v) is 4.01. The predicted molar refractivity (Wildman–Crippen MR) is 90.0 cm³/mol. The van der Waals surface area contributed by atoms with E-state index in [2.05, 4.69) is 26.5 Å². The van der Waals surface area contributed by atoms with Gasteiger partial charge in [-0.05, 0) is 23.8 Å². The van der Waals surface area contributed by atoms with Crippen LogP contribution in [0.15, 0.2) is 52.0 Å². The largest absolute Gasteiger partial charge is 0.273 e. The monoisotopic (exact) mass is 384 g/mol. The van der Waals surface area contributed by atoms with E-state index >= 15 is 0 Å². The average molecular weight is 386 g/mol. The second kappa shape index (κ2) is 7.59. The van der Waals surface area contributed by atoms with Crippen molar-refractivity contribution in [1.29, 1.82) is 0 Å². The predicted octanol–water partition coefficient (Wildman–Crippen LogP) is 4.45. The van der Waals surface area contributed by atoms with Gasteiger partial charge in [0.05, 0.1) is 22.7 Å². The molecule has 0 atom stereocenters. The molecule has 0 aliphatic heterocycles. The molecule has 0 heterocycles. The van der Waals surface area contributed by atoms with Crippen LogP contribution in [0, 0.1) is 0 Å². The molecule has 0 saturated heterocycles. The van der Waals surface area contributed by atoms with E-state index in [-0.39, 0.29) is 12.3 Å². The Bertz CT molecular complexity index is 672. The lowest BCUT2D eigenvalue weighted by Crippen LogP contribution is -2.19. The van der Waals surface area contributed by atoms with Gasteiger partial charge in [-0.3, -0.25) is 4.79 Å². The van der Waals surface area contributed by atoms with E-state index in [4.69, 9.17) is 23.2 Å². The minimum Gasteiger partial charge on any atom is -0.273 e. The topological polar surface area (TPSA) is 41.5 Å². The van der Waals surface area contributed by atoms with E-state index < -0.39 is 0 Å². The summed E-state index contributed by atoms with van der Waals surface area (Å²) in [5, 5.41) is 4.73. The SMILES string of the molecule is O=C(Cc1ccc(Br)cc1)N/N=C\c1cccc(Cl)c1Cl. The number of hydrogen-bond donors (Lipinski definition) is 1. The van der Waals surface area contributed by atoms with Crippen LogP contribution < -0.4 is 5.43 Å². The van der Waals surface area contributed by atoms with E-state index in [1.807, 2.05) is 24.3 Å². The molecule has 0 fully saturated rings. The van der Waals surface area contributed by atoms with Crippen molar-refractivity contribution in [2.45, 2.75) is 6.42 Å². The van der Waals surface area contributed by atoms with Crippen molar-refractivity contribution in [2.24, 2.45) is 5.10 Å². The standard InChI is InChI=1S/C15H11BrCl2N2O/c16-12-6-4-10(5-7-12)8-14(21)20-19-9-11-2-1-3-13(17)15(11)18/h1-7,9H,8H2,(H,20,21)/b19-9-. The van der Waals surface area contributed by atoms with Crippen LogP contribution in [0.4, 0.5) is 0 Å². The first kappa shape index (κ1) is 16.0. The van der Waals surface area contributed by atoms with Gasteiger partial charge in [0, 0.05) is 10.0 Å². The molecular weight excluding hydrogens is 375 g/mol. The Hall–Kier alpha value is -1.36. The first-order chi connectivity index (χ1) is 10.1. The molecule has 0 spiro atoms. The van der Waals surface area contributed by atoms with Crippen molar-refractivity contribution in [3.8, 4) is 0 Å². The molecule has 108 valence electrons. The molecule has 0 saturated carbocycles. The van der Waals surface area contributed by atoms with Gasteiger partial charge in [0.15, 0.2) is 0 Å². The third-order valence-electron chi connectivity index (χ3n) is 2.65. The van der Waals surface area contributed by atoms with E-state index in [9.17, 15) is 4.79 Å². The van der Waals surface area contributed by atoms with E-state index in [0.29, 0.717) is 15.6 Å². The lowest BCUT2D eigenvalue weighted by atomic mass is 10.1. The highest BCUT2D eigenvalue weighted by molar-refractivity contribution is 9.10. The number of nitrogens with one attached hydrogen (secondary N) is 1. The number of halogens is 3. The van der Waals surface area contributed by atoms with Crippen molar-refractivity contribution in [3.63, 3.8) is 0 Å². The first-order valence-electron chi connectivity index (χ1n) is 6.06. The number of hydrazone groups is 1. The molecule has 6 heteroatoms. The fourth-order valence-corrected chi connectivity index (χ4v) is 2.24. The van der Waals surface area contributed by atoms with Crippen molar-refractivity contribution in [3.05, 3.63) is 68.1 Å². The summed E-state index contributed by atoms with van der Waals surface area (Å²) in [6.45, 7) is 0. The second-order valence-corrected chi connectivity index (χ2v) is 5.94. The Balaban J connectivity index is 1.93. The first-order valence-corrected chi connectivity index (χ1v) is 7.61. The van der Waals surface area contributed by atoms with Crippen LogP contribution >= 0.6 is 39.1 Å². The number of benzene rings is 2. The van der Waals surface area contributed by atoms with Crippen LogP contribution in [-0.4, -0.2) is 12.1 Å². The van der Waals surface area contributed by atoms with Gasteiger partial charge in [-0.1, -0.05) is 63.4 Å². The highest BCUT2D eigenvalue weighted by Crippen LogP contribution is 2.24. The summed E-state index contributed by atoms with van der Waals surface area (Å²) >= 11 is 15.2. The van der Waals surface area contributed by atoms with Gasteiger partial charge in [-0.15, -0.1) is 0 Å². The van der Waals surface area contributed by atoms with Gasteiger partial charge in [-0.25, -0.2) is 5.43 Å². The fourth-order valence-electron chi connectivity index (χ4n) is 1.62. The summed E-state index contributed by atoms with van der Waals surface area (Å²) in [5.41, 5.74) is 4.01. The minimum absolute atomic E-state index is 0.202. The molecule has 0 aliphatic carbocycles.